The lowest BCUT2D eigenvalue weighted by Gasteiger charge is -2.34. The van der Waals surface area contributed by atoms with Crippen LogP contribution in [0.15, 0.2) is 24.3 Å². The van der Waals surface area contributed by atoms with E-state index in [1.807, 2.05) is 36.1 Å². The van der Waals surface area contributed by atoms with Crippen LogP contribution in [0.3, 0.4) is 0 Å². The van der Waals surface area contributed by atoms with Crippen molar-refractivity contribution in [3.05, 3.63) is 30.0 Å². The van der Waals surface area contributed by atoms with Crippen LogP contribution in [0.2, 0.25) is 0 Å². The fourth-order valence-electron chi connectivity index (χ4n) is 4.84. The Bertz CT molecular complexity index is 911. The van der Waals surface area contributed by atoms with Gasteiger partial charge >= 0.3 is 0 Å². The van der Waals surface area contributed by atoms with Crippen LogP contribution in [0.1, 0.15) is 43.1 Å². The van der Waals surface area contributed by atoms with Gasteiger partial charge in [-0.25, -0.2) is 0 Å². The molecule has 2 aromatic rings. The molecule has 1 atom stereocenters. The SMILES string of the molecule is COc1ccc2cc(C(=O)N3CCC([C@H](C)C(=O)NCCN4CCCC4)CC3)[nH]c2c1. The van der Waals surface area contributed by atoms with E-state index in [9.17, 15) is 9.59 Å². The second-order valence-corrected chi connectivity index (χ2v) is 8.89. The summed E-state index contributed by atoms with van der Waals surface area (Å²) in [5.74, 6) is 1.24. The van der Waals surface area contributed by atoms with Gasteiger partial charge in [0.1, 0.15) is 11.4 Å². The number of ether oxygens (including phenoxy) is 1. The molecule has 2 aliphatic rings. The minimum Gasteiger partial charge on any atom is -0.497 e. The first-order valence-corrected chi connectivity index (χ1v) is 11.5. The number of piperidine rings is 1. The number of fused-ring (bicyclic) bond motifs is 1. The van der Waals surface area contributed by atoms with Gasteiger partial charge in [0.05, 0.1) is 7.11 Å². The van der Waals surface area contributed by atoms with Crippen LogP contribution in [0.4, 0.5) is 0 Å². The zero-order chi connectivity index (χ0) is 21.8. The summed E-state index contributed by atoms with van der Waals surface area (Å²) < 4.78 is 5.26. The van der Waals surface area contributed by atoms with Crippen molar-refractivity contribution in [3.8, 4) is 5.75 Å². The van der Waals surface area contributed by atoms with Gasteiger partial charge in [0.15, 0.2) is 0 Å². The largest absolute Gasteiger partial charge is 0.497 e. The van der Waals surface area contributed by atoms with Crippen LogP contribution >= 0.6 is 0 Å². The maximum atomic E-state index is 13.0. The standard InChI is InChI=1S/C24H34N4O3/c1-17(23(29)25-9-14-27-10-3-4-11-27)18-7-12-28(13-8-18)24(30)22-15-19-5-6-20(31-2)16-21(19)26-22/h5-6,15-18,26H,3-4,7-14H2,1-2H3,(H,25,29)/t17-/m0/s1. The van der Waals surface area contributed by atoms with Gasteiger partial charge in [-0.15, -0.1) is 0 Å². The van der Waals surface area contributed by atoms with Crippen molar-refractivity contribution in [1.82, 2.24) is 20.1 Å². The highest BCUT2D eigenvalue weighted by Gasteiger charge is 2.30. The minimum atomic E-state index is -0.0172. The highest BCUT2D eigenvalue weighted by molar-refractivity contribution is 5.98. The third kappa shape index (κ3) is 5.03. The highest BCUT2D eigenvalue weighted by Crippen LogP contribution is 2.27. The summed E-state index contributed by atoms with van der Waals surface area (Å²) in [6.07, 6.45) is 4.27. The Hall–Kier alpha value is -2.54. The van der Waals surface area contributed by atoms with Gasteiger partial charge in [-0.1, -0.05) is 6.92 Å². The van der Waals surface area contributed by atoms with E-state index in [1.165, 1.54) is 12.8 Å². The van der Waals surface area contributed by atoms with Crippen molar-refractivity contribution in [3.63, 3.8) is 0 Å². The summed E-state index contributed by atoms with van der Waals surface area (Å²) in [5, 5.41) is 4.11. The van der Waals surface area contributed by atoms with E-state index >= 15 is 0 Å². The van der Waals surface area contributed by atoms with Crippen molar-refractivity contribution in [2.75, 3.05) is 46.4 Å². The molecule has 1 aromatic carbocycles. The molecule has 4 rings (SSSR count). The molecule has 31 heavy (non-hydrogen) atoms. The average Bonchev–Trinajstić information content (AvgIpc) is 3.47. The number of nitrogens with zero attached hydrogens (tertiary/aromatic N) is 2. The van der Waals surface area contributed by atoms with E-state index < -0.39 is 0 Å². The minimum absolute atomic E-state index is 0.0172. The maximum absolute atomic E-state index is 13.0. The second-order valence-electron chi connectivity index (χ2n) is 8.89. The van der Waals surface area contributed by atoms with Gasteiger partial charge in [-0.05, 0) is 62.9 Å². The summed E-state index contributed by atoms with van der Waals surface area (Å²) in [6, 6.07) is 7.66. The van der Waals surface area contributed by atoms with E-state index in [1.54, 1.807) is 7.11 Å². The fraction of sp³-hybridized carbons (Fsp3) is 0.583. The molecule has 0 aliphatic carbocycles. The maximum Gasteiger partial charge on any atom is 0.270 e. The molecule has 7 heteroatoms. The number of nitrogens with one attached hydrogen (secondary N) is 2. The van der Waals surface area contributed by atoms with Gasteiger partial charge in [-0.2, -0.15) is 0 Å². The van der Waals surface area contributed by atoms with E-state index in [0.717, 1.165) is 55.7 Å². The smallest absolute Gasteiger partial charge is 0.270 e. The topological polar surface area (TPSA) is 77.7 Å². The Labute approximate surface area is 184 Å². The van der Waals surface area contributed by atoms with Gasteiger partial charge in [0, 0.05) is 49.1 Å². The zero-order valence-electron chi connectivity index (χ0n) is 18.7. The number of likely N-dealkylation sites (tertiary alicyclic amines) is 2. The molecule has 3 heterocycles. The Morgan fingerprint density at radius 2 is 1.90 bits per heavy atom. The number of aromatic nitrogens is 1. The van der Waals surface area contributed by atoms with Crippen LogP contribution < -0.4 is 10.1 Å². The zero-order valence-corrected chi connectivity index (χ0v) is 18.7. The Morgan fingerprint density at radius 3 is 2.61 bits per heavy atom. The Balaban J connectivity index is 1.26. The molecule has 0 unspecified atom stereocenters. The van der Waals surface area contributed by atoms with Gasteiger partial charge < -0.3 is 24.8 Å². The molecular formula is C24H34N4O3. The van der Waals surface area contributed by atoms with Gasteiger partial charge in [-0.3, -0.25) is 9.59 Å². The lowest BCUT2D eigenvalue weighted by atomic mass is 9.84. The molecule has 2 fully saturated rings. The van der Waals surface area contributed by atoms with Gasteiger partial charge in [0.2, 0.25) is 5.91 Å². The highest BCUT2D eigenvalue weighted by atomic mass is 16.5. The van der Waals surface area contributed by atoms with E-state index in [-0.39, 0.29) is 17.7 Å². The normalized spacial score (nSPS) is 19.0. The summed E-state index contributed by atoms with van der Waals surface area (Å²) in [6.45, 7) is 7.39. The molecule has 7 nitrogen and oxygen atoms in total. The monoisotopic (exact) mass is 426 g/mol. The molecule has 2 saturated heterocycles. The number of rotatable bonds is 7. The second kappa shape index (κ2) is 9.73. The van der Waals surface area contributed by atoms with E-state index in [2.05, 4.69) is 15.2 Å². The number of H-pyrrole nitrogens is 1. The average molecular weight is 427 g/mol. The molecule has 1 aromatic heterocycles. The summed E-state index contributed by atoms with van der Waals surface area (Å²) in [5.41, 5.74) is 1.51. The van der Waals surface area contributed by atoms with Crippen LogP contribution in [0.25, 0.3) is 10.9 Å². The predicted octanol–water partition coefficient (Wildman–Crippen LogP) is 2.88. The molecule has 2 amide bonds. The molecule has 168 valence electrons. The predicted molar refractivity (Wildman–Crippen MR) is 121 cm³/mol. The first kappa shape index (κ1) is 21.7. The number of carbonyl (C=O) groups is 2. The van der Waals surface area contributed by atoms with E-state index in [4.69, 9.17) is 4.74 Å². The molecule has 0 saturated carbocycles. The van der Waals surface area contributed by atoms with Crippen LogP contribution in [0.5, 0.6) is 5.75 Å². The van der Waals surface area contributed by atoms with Crippen LogP contribution in [-0.4, -0.2) is 73.0 Å². The number of hydrogen-bond acceptors (Lipinski definition) is 4. The Kier molecular flexibility index (Phi) is 6.80. The first-order chi connectivity index (χ1) is 15.0. The molecule has 2 N–H and O–H groups in total. The fourth-order valence-corrected chi connectivity index (χ4v) is 4.84. The van der Waals surface area contributed by atoms with Crippen molar-refractivity contribution in [2.45, 2.75) is 32.6 Å². The van der Waals surface area contributed by atoms with Crippen LogP contribution in [0, 0.1) is 11.8 Å². The molecule has 2 aliphatic heterocycles. The van der Waals surface area contributed by atoms with Crippen molar-refractivity contribution in [2.24, 2.45) is 11.8 Å². The van der Waals surface area contributed by atoms with Gasteiger partial charge in [0.25, 0.3) is 5.91 Å². The number of aromatic amines is 1. The third-order valence-electron chi connectivity index (χ3n) is 6.93. The quantitative estimate of drug-likeness (QED) is 0.714. The number of hydrogen-bond donors (Lipinski definition) is 2. The van der Waals surface area contributed by atoms with Crippen molar-refractivity contribution >= 4 is 22.7 Å². The molecular weight excluding hydrogens is 392 g/mol. The van der Waals surface area contributed by atoms with Crippen molar-refractivity contribution < 1.29 is 14.3 Å². The number of benzene rings is 1. The summed E-state index contributed by atoms with van der Waals surface area (Å²) >= 11 is 0. The molecule has 0 spiro atoms. The lowest BCUT2D eigenvalue weighted by Crippen LogP contribution is -2.43. The van der Waals surface area contributed by atoms with Crippen molar-refractivity contribution in [1.29, 1.82) is 0 Å². The lowest BCUT2D eigenvalue weighted by molar-refractivity contribution is -0.126. The number of methoxy groups -OCH3 is 1. The molecule has 0 bridgehead atoms. The summed E-state index contributed by atoms with van der Waals surface area (Å²) in [4.78, 5) is 33.1. The number of amides is 2. The number of carbonyl (C=O) groups excluding carboxylic acids is 2. The Morgan fingerprint density at radius 1 is 1.16 bits per heavy atom. The first-order valence-electron chi connectivity index (χ1n) is 11.5. The van der Waals surface area contributed by atoms with Crippen LogP contribution in [-0.2, 0) is 4.79 Å². The third-order valence-corrected chi connectivity index (χ3v) is 6.93. The van der Waals surface area contributed by atoms with E-state index in [0.29, 0.717) is 24.7 Å². The summed E-state index contributed by atoms with van der Waals surface area (Å²) in [7, 11) is 1.63. The molecule has 0 radical (unpaired) electrons.